The Balaban J connectivity index is 1.13. The summed E-state index contributed by atoms with van der Waals surface area (Å²) in [7, 11) is 0. The average Bonchev–Trinajstić information content (AvgIpc) is 3.21. The van der Waals surface area contributed by atoms with Crippen molar-refractivity contribution in [3.63, 3.8) is 0 Å². The predicted molar refractivity (Wildman–Crippen MR) is 133 cm³/mol. The van der Waals surface area contributed by atoms with Crippen LogP contribution in [0.3, 0.4) is 0 Å². The number of hydrogen-bond donors (Lipinski definition) is 2. The summed E-state index contributed by atoms with van der Waals surface area (Å²) in [5.41, 5.74) is 3.46. The van der Waals surface area contributed by atoms with Crippen LogP contribution < -0.4 is 5.32 Å². The largest absolute Gasteiger partial charge is 0.385 e. The van der Waals surface area contributed by atoms with Gasteiger partial charge in [0, 0.05) is 49.7 Å². The van der Waals surface area contributed by atoms with Crippen LogP contribution in [-0.4, -0.2) is 56.7 Å². The Labute approximate surface area is 208 Å². The lowest BCUT2D eigenvalue weighted by Gasteiger charge is -2.38. The molecule has 8 nitrogen and oxygen atoms in total. The molecule has 0 aliphatic carbocycles. The molecule has 2 N–H and O–H groups in total. The maximum absolute atomic E-state index is 13.0. The lowest BCUT2D eigenvalue weighted by Crippen LogP contribution is -2.52. The predicted octanol–water partition coefficient (Wildman–Crippen LogP) is 2.48. The number of carbonyl (C=O) groups is 3. The monoisotopic (exact) mass is 484 g/mol. The third kappa shape index (κ3) is 4.06. The SMILES string of the molecule is O=C1CCC(N2Cc3cc(C4(O)CCN(Cc5ccc6ncccc6c5)CC4)ccc3C2=O)C(=O)N1. The van der Waals surface area contributed by atoms with E-state index in [4.69, 9.17) is 0 Å². The first kappa shape index (κ1) is 22.8. The molecule has 36 heavy (non-hydrogen) atoms. The average molecular weight is 485 g/mol. The molecule has 1 unspecified atom stereocenters. The van der Waals surface area contributed by atoms with Crippen molar-refractivity contribution in [3.05, 3.63) is 77.0 Å². The normalized spacial score (nSPS) is 22.1. The molecule has 8 heteroatoms. The zero-order valence-electron chi connectivity index (χ0n) is 19.9. The van der Waals surface area contributed by atoms with Gasteiger partial charge in [-0.1, -0.05) is 24.3 Å². The molecule has 184 valence electrons. The molecule has 6 rings (SSSR count). The number of benzene rings is 2. The molecule has 2 saturated heterocycles. The minimum atomic E-state index is -0.954. The van der Waals surface area contributed by atoms with Gasteiger partial charge in [-0.15, -0.1) is 0 Å². The van der Waals surface area contributed by atoms with E-state index in [1.165, 1.54) is 5.56 Å². The van der Waals surface area contributed by atoms with E-state index < -0.39 is 17.6 Å². The Kier molecular flexibility index (Phi) is 5.58. The van der Waals surface area contributed by atoms with Gasteiger partial charge in [0.15, 0.2) is 0 Å². The van der Waals surface area contributed by atoms with E-state index in [-0.39, 0.29) is 18.2 Å². The van der Waals surface area contributed by atoms with Gasteiger partial charge in [-0.25, -0.2) is 0 Å². The molecule has 4 heterocycles. The Morgan fingerprint density at radius 2 is 1.89 bits per heavy atom. The number of nitrogens with one attached hydrogen (secondary N) is 1. The Morgan fingerprint density at radius 1 is 1.06 bits per heavy atom. The van der Waals surface area contributed by atoms with Crippen LogP contribution in [0.25, 0.3) is 10.9 Å². The molecule has 0 spiro atoms. The zero-order chi connectivity index (χ0) is 24.9. The van der Waals surface area contributed by atoms with Crippen molar-refractivity contribution >= 4 is 28.6 Å². The summed E-state index contributed by atoms with van der Waals surface area (Å²) in [6.07, 6.45) is 3.57. The van der Waals surface area contributed by atoms with Crippen molar-refractivity contribution in [2.24, 2.45) is 0 Å². The fourth-order valence-corrected chi connectivity index (χ4v) is 5.72. The van der Waals surface area contributed by atoms with Crippen LogP contribution >= 0.6 is 0 Å². The van der Waals surface area contributed by atoms with E-state index in [0.717, 1.165) is 41.7 Å². The van der Waals surface area contributed by atoms with E-state index in [9.17, 15) is 19.5 Å². The van der Waals surface area contributed by atoms with Gasteiger partial charge in [0.2, 0.25) is 11.8 Å². The van der Waals surface area contributed by atoms with Gasteiger partial charge in [0.1, 0.15) is 6.04 Å². The molecule has 2 fully saturated rings. The number of rotatable bonds is 4. The molecule has 0 saturated carbocycles. The van der Waals surface area contributed by atoms with E-state index in [1.54, 1.807) is 17.2 Å². The second-order valence-electron chi connectivity index (χ2n) is 10.1. The maximum atomic E-state index is 13.0. The zero-order valence-corrected chi connectivity index (χ0v) is 19.9. The summed E-state index contributed by atoms with van der Waals surface area (Å²) in [5.74, 6) is -0.909. The number of piperidine rings is 2. The van der Waals surface area contributed by atoms with Crippen LogP contribution in [0, 0.1) is 0 Å². The fraction of sp³-hybridized carbons (Fsp3) is 0.357. The Morgan fingerprint density at radius 3 is 2.69 bits per heavy atom. The first-order chi connectivity index (χ1) is 17.4. The molecule has 1 atom stereocenters. The maximum Gasteiger partial charge on any atom is 0.255 e. The van der Waals surface area contributed by atoms with Gasteiger partial charge in [0.05, 0.1) is 11.1 Å². The third-order valence-corrected chi connectivity index (χ3v) is 7.82. The number of fused-ring (bicyclic) bond motifs is 2. The number of pyridine rings is 1. The molecule has 2 aromatic carbocycles. The first-order valence-electron chi connectivity index (χ1n) is 12.5. The van der Waals surface area contributed by atoms with Crippen molar-refractivity contribution in [1.82, 2.24) is 20.1 Å². The van der Waals surface area contributed by atoms with E-state index in [0.29, 0.717) is 31.4 Å². The van der Waals surface area contributed by atoms with Crippen molar-refractivity contribution in [3.8, 4) is 0 Å². The van der Waals surface area contributed by atoms with Gasteiger partial charge in [0.25, 0.3) is 5.91 Å². The standard InChI is InChI=1S/C28H28N4O4/c33-25-8-7-24(26(34)30-25)32-17-20-15-21(4-5-22(20)27(32)35)28(36)9-12-31(13-10-28)16-18-3-6-23-19(14-18)2-1-11-29-23/h1-6,11,14-15,24,36H,7-10,12-13,16-17H2,(H,30,33,34). The Bertz CT molecular complexity index is 1380. The second-order valence-corrected chi connectivity index (χ2v) is 10.1. The first-order valence-corrected chi connectivity index (χ1v) is 12.5. The number of likely N-dealkylation sites (tertiary alicyclic amines) is 1. The topological polar surface area (TPSA) is 103 Å². The quantitative estimate of drug-likeness (QED) is 0.552. The highest BCUT2D eigenvalue weighted by atomic mass is 16.3. The van der Waals surface area contributed by atoms with Crippen LogP contribution in [0.5, 0.6) is 0 Å². The van der Waals surface area contributed by atoms with Gasteiger partial charge >= 0.3 is 0 Å². The van der Waals surface area contributed by atoms with Crippen molar-refractivity contribution in [2.75, 3.05) is 13.1 Å². The van der Waals surface area contributed by atoms with Gasteiger partial charge in [-0.3, -0.25) is 29.6 Å². The lowest BCUT2D eigenvalue weighted by atomic mass is 9.83. The third-order valence-electron chi connectivity index (χ3n) is 7.82. The minimum absolute atomic E-state index is 0.196. The molecule has 3 aromatic rings. The molecule has 1 aromatic heterocycles. The highest BCUT2D eigenvalue weighted by Gasteiger charge is 2.40. The summed E-state index contributed by atoms with van der Waals surface area (Å²) < 4.78 is 0. The molecule has 0 radical (unpaired) electrons. The number of hydrogen-bond acceptors (Lipinski definition) is 6. The van der Waals surface area contributed by atoms with Gasteiger partial charge in [-0.05, 0) is 60.2 Å². The second kappa shape index (κ2) is 8.80. The summed E-state index contributed by atoms with van der Waals surface area (Å²) in [6.45, 7) is 2.66. The smallest absolute Gasteiger partial charge is 0.255 e. The highest BCUT2D eigenvalue weighted by Crippen LogP contribution is 2.36. The van der Waals surface area contributed by atoms with E-state index >= 15 is 0 Å². The fourth-order valence-electron chi connectivity index (χ4n) is 5.72. The van der Waals surface area contributed by atoms with Crippen LogP contribution in [0.15, 0.2) is 54.7 Å². The number of carbonyl (C=O) groups excluding carboxylic acids is 3. The molecule has 3 aliphatic heterocycles. The van der Waals surface area contributed by atoms with E-state index in [2.05, 4.69) is 39.5 Å². The number of nitrogens with zero attached hydrogens (tertiary/aromatic N) is 3. The van der Waals surface area contributed by atoms with Crippen molar-refractivity contribution < 1.29 is 19.5 Å². The molecule has 0 bridgehead atoms. The summed E-state index contributed by atoms with van der Waals surface area (Å²) >= 11 is 0. The van der Waals surface area contributed by atoms with Crippen LogP contribution in [0.4, 0.5) is 0 Å². The summed E-state index contributed by atoms with van der Waals surface area (Å²) in [5, 5.41) is 15.0. The van der Waals surface area contributed by atoms with Crippen LogP contribution in [0.1, 0.15) is 52.7 Å². The lowest BCUT2D eigenvalue weighted by molar-refractivity contribution is -0.136. The van der Waals surface area contributed by atoms with Gasteiger partial charge < -0.3 is 10.0 Å². The van der Waals surface area contributed by atoms with Crippen LogP contribution in [-0.2, 0) is 28.3 Å². The van der Waals surface area contributed by atoms with Crippen molar-refractivity contribution in [2.45, 2.75) is 50.4 Å². The number of aliphatic hydroxyl groups is 1. The molecular formula is C28H28N4O4. The van der Waals surface area contributed by atoms with Gasteiger partial charge in [-0.2, -0.15) is 0 Å². The summed E-state index contributed by atoms with van der Waals surface area (Å²) in [4.78, 5) is 45.1. The molecule has 3 amide bonds. The molecule has 3 aliphatic rings. The number of aromatic nitrogens is 1. The Hall–Kier alpha value is -3.62. The highest BCUT2D eigenvalue weighted by molar-refractivity contribution is 6.05. The minimum Gasteiger partial charge on any atom is -0.385 e. The van der Waals surface area contributed by atoms with E-state index in [1.807, 2.05) is 18.2 Å². The molecular weight excluding hydrogens is 456 g/mol. The van der Waals surface area contributed by atoms with Crippen molar-refractivity contribution in [1.29, 1.82) is 0 Å². The summed E-state index contributed by atoms with van der Waals surface area (Å²) in [6, 6.07) is 15.3. The number of amides is 3. The van der Waals surface area contributed by atoms with Crippen LogP contribution in [0.2, 0.25) is 0 Å². The number of imide groups is 1.